The SMILES string of the molecule is Cc1sc(S(=O)(=O)N2CCOCC2)cc1NC(=O)CNC(=O)OC(C)(C)C. The van der Waals surface area contributed by atoms with Crippen molar-refractivity contribution >= 4 is 39.0 Å². The van der Waals surface area contributed by atoms with Crippen molar-refractivity contribution in [2.45, 2.75) is 37.5 Å². The molecule has 0 spiro atoms. The number of hydrogen-bond acceptors (Lipinski definition) is 7. The first-order chi connectivity index (χ1) is 12.5. The van der Waals surface area contributed by atoms with Gasteiger partial charge < -0.3 is 20.1 Å². The number of nitrogens with zero attached hydrogens (tertiary/aromatic N) is 1. The van der Waals surface area contributed by atoms with Crippen molar-refractivity contribution in [1.29, 1.82) is 0 Å². The molecule has 0 atom stereocenters. The van der Waals surface area contributed by atoms with Crippen LogP contribution < -0.4 is 10.6 Å². The lowest BCUT2D eigenvalue weighted by Gasteiger charge is -2.25. The van der Waals surface area contributed by atoms with Gasteiger partial charge in [-0.25, -0.2) is 13.2 Å². The molecule has 2 rings (SSSR count). The van der Waals surface area contributed by atoms with Gasteiger partial charge in [0.05, 0.1) is 18.9 Å². The predicted molar refractivity (Wildman–Crippen MR) is 102 cm³/mol. The van der Waals surface area contributed by atoms with E-state index in [1.807, 2.05) is 0 Å². The van der Waals surface area contributed by atoms with Crippen molar-refractivity contribution in [2.24, 2.45) is 0 Å². The van der Waals surface area contributed by atoms with Crippen molar-refractivity contribution in [3.63, 3.8) is 0 Å². The van der Waals surface area contributed by atoms with Gasteiger partial charge in [-0.3, -0.25) is 4.79 Å². The molecule has 0 aliphatic carbocycles. The summed E-state index contributed by atoms with van der Waals surface area (Å²) in [5.41, 5.74) is -0.254. The van der Waals surface area contributed by atoms with Crippen LogP contribution in [-0.2, 0) is 24.3 Å². The first kappa shape index (κ1) is 21.6. The summed E-state index contributed by atoms with van der Waals surface area (Å²) in [7, 11) is -3.61. The standard InChI is InChI=1S/C16H25N3O6S2/c1-11-12(18-13(20)10-17-15(21)25-16(2,3)4)9-14(26-11)27(22,23)19-5-7-24-8-6-19/h9H,5-8,10H2,1-4H3,(H,17,21)(H,18,20). The second-order valence-corrected chi connectivity index (χ2v) is 10.4. The van der Waals surface area contributed by atoms with Gasteiger partial charge >= 0.3 is 6.09 Å². The Balaban J connectivity index is 1.98. The first-order valence-electron chi connectivity index (χ1n) is 8.44. The monoisotopic (exact) mass is 419 g/mol. The third kappa shape index (κ3) is 6.16. The number of carbonyl (C=O) groups excluding carboxylic acids is 2. The molecular formula is C16H25N3O6S2. The van der Waals surface area contributed by atoms with Crippen molar-refractivity contribution in [3.05, 3.63) is 10.9 Å². The molecule has 1 aromatic rings. The quantitative estimate of drug-likeness (QED) is 0.748. The summed E-state index contributed by atoms with van der Waals surface area (Å²) < 4.78 is 37.1. The lowest BCUT2D eigenvalue weighted by atomic mass is 10.2. The third-order valence-corrected chi connectivity index (χ3v) is 6.92. The first-order valence-corrected chi connectivity index (χ1v) is 10.7. The molecule has 2 N–H and O–H groups in total. The second-order valence-electron chi connectivity index (χ2n) is 6.96. The Morgan fingerprint density at radius 2 is 1.93 bits per heavy atom. The van der Waals surface area contributed by atoms with Crippen LogP contribution in [0.4, 0.5) is 10.5 Å². The van der Waals surface area contributed by atoms with Gasteiger partial charge in [0.25, 0.3) is 10.0 Å². The van der Waals surface area contributed by atoms with Crippen LogP contribution in [0.2, 0.25) is 0 Å². The fourth-order valence-corrected chi connectivity index (χ4v) is 5.24. The number of nitrogens with one attached hydrogen (secondary N) is 2. The van der Waals surface area contributed by atoms with Gasteiger partial charge in [-0.1, -0.05) is 0 Å². The molecule has 1 fully saturated rings. The Bertz CT molecular complexity index is 792. The highest BCUT2D eigenvalue weighted by Crippen LogP contribution is 2.32. The van der Waals surface area contributed by atoms with E-state index in [1.165, 1.54) is 10.4 Å². The molecule has 2 amide bonds. The average molecular weight is 420 g/mol. The number of thiophene rings is 1. The number of hydrogen-bond donors (Lipinski definition) is 2. The summed E-state index contributed by atoms with van der Waals surface area (Å²) in [4.78, 5) is 24.3. The molecule has 0 bridgehead atoms. The Morgan fingerprint density at radius 1 is 1.30 bits per heavy atom. The van der Waals surface area contributed by atoms with E-state index in [2.05, 4.69) is 10.6 Å². The van der Waals surface area contributed by atoms with Gasteiger partial charge in [-0.2, -0.15) is 4.31 Å². The van der Waals surface area contributed by atoms with Crippen LogP contribution in [-0.4, -0.2) is 63.2 Å². The Hall–Kier alpha value is -1.69. The summed E-state index contributed by atoms with van der Waals surface area (Å²) >= 11 is 1.09. The van der Waals surface area contributed by atoms with Gasteiger partial charge in [0.1, 0.15) is 16.4 Å². The van der Waals surface area contributed by atoms with Gasteiger partial charge in [-0.15, -0.1) is 11.3 Å². The molecule has 152 valence electrons. The number of amides is 2. The van der Waals surface area contributed by atoms with Gasteiger partial charge in [0.2, 0.25) is 5.91 Å². The van der Waals surface area contributed by atoms with Crippen LogP contribution in [0, 0.1) is 6.92 Å². The highest BCUT2D eigenvalue weighted by atomic mass is 32.2. The van der Waals surface area contributed by atoms with Crippen LogP contribution >= 0.6 is 11.3 Å². The molecule has 1 saturated heterocycles. The van der Waals surface area contributed by atoms with Gasteiger partial charge in [-0.05, 0) is 33.8 Å². The molecule has 11 heteroatoms. The zero-order valence-corrected chi connectivity index (χ0v) is 17.5. The smallest absolute Gasteiger partial charge is 0.408 e. The molecule has 0 aromatic carbocycles. The Kier molecular flexibility index (Phi) is 6.84. The summed E-state index contributed by atoms with van der Waals surface area (Å²) in [6.07, 6.45) is -0.699. The minimum absolute atomic E-state index is 0.164. The number of carbonyl (C=O) groups is 2. The average Bonchev–Trinajstić information content (AvgIpc) is 2.94. The van der Waals surface area contributed by atoms with E-state index >= 15 is 0 Å². The third-order valence-electron chi connectivity index (χ3n) is 3.53. The number of anilines is 1. The van der Waals surface area contributed by atoms with E-state index < -0.39 is 27.6 Å². The van der Waals surface area contributed by atoms with Crippen LogP contribution in [0.15, 0.2) is 10.3 Å². The zero-order valence-electron chi connectivity index (χ0n) is 15.8. The number of ether oxygens (including phenoxy) is 2. The fourth-order valence-electron chi connectivity index (χ4n) is 2.28. The maximum absolute atomic E-state index is 12.7. The molecule has 1 aliphatic rings. The van der Waals surface area contributed by atoms with E-state index in [9.17, 15) is 18.0 Å². The summed E-state index contributed by atoms with van der Waals surface area (Å²) in [5, 5.41) is 4.97. The maximum atomic E-state index is 12.7. The molecule has 0 unspecified atom stereocenters. The largest absolute Gasteiger partial charge is 0.444 e. The molecule has 0 radical (unpaired) electrons. The Morgan fingerprint density at radius 3 is 2.52 bits per heavy atom. The van der Waals surface area contributed by atoms with E-state index in [0.29, 0.717) is 36.9 Å². The molecule has 0 saturated carbocycles. The Labute approximate surface area is 163 Å². The molecular weight excluding hydrogens is 394 g/mol. The zero-order chi connectivity index (χ0) is 20.2. The molecule has 1 aromatic heterocycles. The van der Waals surface area contributed by atoms with E-state index in [4.69, 9.17) is 9.47 Å². The predicted octanol–water partition coefficient (Wildman–Crippen LogP) is 1.54. The van der Waals surface area contributed by atoms with Crippen LogP contribution in [0.3, 0.4) is 0 Å². The fraction of sp³-hybridized carbons (Fsp3) is 0.625. The number of morpholine rings is 1. The molecule has 9 nitrogen and oxygen atoms in total. The molecule has 1 aliphatic heterocycles. The normalized spacial score (nSPS) is 16.0. The number of rotatable bonds is 5. The number of aryl methyl sites for hydroxylation is 1. The summed E-state index contributed by atoms with van der Waals surface area (Å²) in [6.45, 7) is 7.94. The van der Waals surface area contributed by atoms with Crippen molar-refractivity contribution < 1.29 is 27.5 Å². The minimum atomic E-state index is -3.61. The van der Waals surface area contributed by atoms with E-state index in [0.717, 1.165) is 11.3 Å². The highest BCUT2D eigenvalue weighted by molar-refractivity contribution is 7.91. The maximum Gasteiger partial charge on any atom is 0.408 e. The van der Waals surface area contributed by atoms with E-state index in [1.54, 1.807) is 27.7 Å². The molecule has 2 heterocycles. The minimum Gasteiger partial charge on any atom is -0.444 e. The van der Waals surface area contributed by atoms with Crippen molar-refractivity contribution in [1.82, 2.24) is 9.62 Å². The molecule has 27 heavy (non-hydrogen) atoms. The number of sulfonamides is 1. The highest BCUT2D eigenvalue weighted by Gasteiger charge is 2.29. The van der Waals surface area contributed by atoms with Gasteiger partial charge in [0.15, 0.2) is 0 Å². The van der Waals surface area contributed by atoms with Crippen LogP contribution in [0.5, 0.6) is 0 Å². The van der Waals surface area contributed by atoms with Crippen LogP contribution in [0.25, 0.3) is 0 Å². The second kappa shape index (κ2) is 8.55. The van der Waals surface area contributed by atoms with Crippen LogP contribution in [0.1, 0.15) is 25.6 Å². The summed E-state index contributed by atoms with van der Waals surface area (Å²) in [5.74, 6) is -0.475. The lowest BCUT2D eigenvalue weighted by molar-refractivity contribution is -0.115. The summed E-state index contributed by atoms with van der Waals surface area (Å²) in [6, 6.07) is 1.44. The van der Waals surface area contributed by atoms with Crippen molar-refractivity contribution in [2.75, 3.05) is 38.2 Å². The number of alkyl carbamates (subject to hydrolysis) is 1. The van der Waals surface area contributed by atoms with Crippen molar-refractivity contribution in [3.8, 4) is 0 Å². The van der Waals surface area contributed by atoms with Gasteiger partial charge in [0, 0.05) is 18.0 Å². The van der Waals surface area contributed by atoms with E-state index in [-0.39, 0.29) is 10.8 Å². The lowest BCUT2D eigenvalue weighted by Crippen LogP contribution is -2.40. The topological polar surface area (TPSA) is 114 Å².